The summed E-state index contributed by atoms with van der Waals surface area (Å²) in [6.07, 6.45) is 3.77. The monoisotopic (exact) mass is 402 g/mol. The molecule has 0 aromatic heterocycles. The molecule has 0 aliphatic heterocycles. The molecular formula is C17H16Cl2O7. The Hall–Kier alpha value is -2.51. The summed E-state index contributed by atoms with van der Waals surface area (Å²) >= 11 is 12.1. The van der Waals surface area contributed by atoms with Crippen LogP contribution in [0.4, 0.5) is 0 Å². The van der Waals surface area contributed by atoms with E-state index < -0.39 is 17.9 Å². The maximum Gasteiger partial charge on any atom is 0.345 e. The van der Waals surface area contributed by atoms with Gasteiger partial charge in [0.1, 0.15) is 17.9 Å². The summed E-state index contributed by atoms with van der Waals surface area (Å²) in [5.41, 5.74) is -0.122. The Morgan fingerprint density at radius 3 is 2.15 bits per heavy atom. The molecule has 1 rings (SSSR count). The Bertz CT molecular complexity index is 736. The van der Waals surface area contributed by atoms with Gasteiger partial charge in [0.25, 0.3) is 0 Å². The van der Waals surface area contributed by atoms with Crippen LogP contribution >= 0.6 is 23.2 Å². The summed E-state index contributed by atoms with van der Waals surface area (Å²) in [5.74, 6) is -2.19. The number of halogens is 2. The first-order chi connectivity index (χ1) is 12.3. The first-order valence-corrected chi connectivity index (χ1v) is 7.84. The SMILES string of the molecule is COC(=O)/C=C/COc1c(Cl)cc(Cl)cc1C=C(C(=O)OC)C(=O)OC. The van der Waals surface area contributed by atoms with Gasteiger partial charge < -0.3 is 18.9 Å². The number of rotatable bonds is 7. The molecule has 0 atom stereocenters. The number of hydrogen-bond acceptors (Lipinski definition) is 7. The van der Waals surface area contributed by atoms with Crippen LogP contribution in [0.15, 0.2) is 29.9 Å². The van der Waals surface area contributed by atoms with E-state index in [1.165, 1.54) is 37.5 Å². The van der Waals surface area contributed by atoms with Crippen molar-refractivity contribution in [2.24, 2.45) is 0 Å². The van der Waals surface area contributed by atoms with Crippen LogP contribution in [0.25, 0.3) is 6.08 Å². The van der Waals surface area contributed by atoms with Crippen molar-refractivity contribution in [1.29, 1.82) is 0 Å². The average Bonchev–Trinajstić information content (AvgIpc) is 2.62. The van der Waals surface area contributed by atoms with Gasteiger partial charge in [-0.05, 0) is 24.3 Å². The highest BCUT2D eigenvalue weighted by Crippen LogP contribution is 2.34. The molecule has 26 heavy (non-hydrogen) atoms. The Morgan fingerprint density at radius 2 is 1.62 bits per heavy atom. The van der Waals surface area contributed by atoms with E-state index in [4.69, 9.17) is 27.9 Å². The lowest BCUT2D eigenvalue weighted by molar-refractivity contribution is -0.144. The second-order valence-electron chi connectivity index (χ2n) is 4.58. The van der Waals surface area contributed by atoms with Gasteiger partial charge in [-0.25, -0.2) is 14.4 Å². The smallest absolute Gasteiger partial charge is 0.345 e. The zero-order chi connectivity index (χ0) is 19.7. The molecule has 0 spiro atoms. The summed E-state index contributed by atoms with van der Waals surface area (Å²) in [4.78, 5) is 34.7. The third-order valence-electron chi connectivity index (χ3n) is 2.93. The summed E-state index contributed by atoms with van der Waals surface area (Å²) in [6.45, 7) is -0.0247. The fraction of sp³-hybridized carbons (Fsp3) is 0.235. The fourth-order valence-electron chi connectivity index (χ4n) is 1.76. The number of carbonyl (C=O) groups is 3. The van der Waals surface area contributed by atoms with Gasteiger partial charge in [0.05, 0.1) is 26.4 Å². The number of hydrogen-bond donors (Lipinski definition) is 0. The second-order valence-corrected chi connectivity index (χ2v) is 5.43. The Morgan fingerprint density at radius 1 is 1.00 bits per heavy atom. The van der Waals surface area contributed by atoms with E-state index >= 15 is 0 Å². The highest BCUT2D eigenvalue weighted by molar-refractivity contribution is 6.36. The van der Waals surface area contributed by atoms with Gasteiger partial charge in [0.15, 0.2) is 0 Å². The van der Waals surface area contributed by atoms with E-state index in [0.717, 1.165) is 14.2 Å². The fourth-order valence-corrected chi connectivity index (χ4v) is 2.32. The van der Waals surface area contributed by atoms with Gasteiger partial charge >= 0.3 is 17.9 Å². The number of esters is 3. The van der Waals surface area contributed by atoms with Gasteiger partial charge in [-0.15, -0.1) is 0 Å². The van der Waals surface area contributed by atoms with Crippen LogP contribution in [-0.4, -0.2) is 45.8 Å². The molecule has 0 radical (unpaired) electrons. The summed E-state index contributed by atoms with van der Waals surface area (Å²) in [5, 5.41) is 0.400. The highest BCUT2D eigenvalue weighted by Gasteiger charge is 2.21. The van der Waals surface area contributed by atoms with E-state index in [1.54, 1.807) is 0 Å². The third-order valence-corrected chi connectivity index (χ3v) is 3.43. The van der Waals surface area contributed by atoms with Crippen molar-refractivity contribution in [3.05, 3.63) is 45.5 Å². The topological polar surface area (TPSA) is 88.1 Å². The molecule has 1 aromatic carbocycles. The van der Waals surface area contributed by atoms with E-state index in [-0.39, 0.29) is 33.5 Å². The van der Waals surface area contributed by atoms with Crippen LogP contribution in [-0.2, 0) is 28.6 Å². The molecule has 0 aliphatic carbocycles. The van der Waals surface area contributed by atoms with Crippen LogP contribution in [0.1, 0.15) is 5.56 Å². The van der Waals surface area contributed by atoms with Crippen molar-refractivity contribution in [3.63, 3.8) is 0 Å². The Kier molecular flexibility index (Phi) is 8.67. The number of carbonyl (C=O) groups excluding carboxylic acids is 3. The minimum Gasteiger partial charge on any atom is -0.487 e. The van der Waals surface area contributed by atoms with Gasteiger partial charge in [-0.3, -0.25) is 0 Å². The molecule has 7 nitrogen and oxygen atoms in total. The third kappa shape index (κ3) is 6.09. The van der Waals surface area contributed by atoms with Crippen LogP contribution in [0.3, 0.4) is 0 Å². The van der Waals surface area contributed by atoms with Crippen molar-refractivity contribution in [2.45, 2.75) is 0 Å². The lowest BCUT2D eigenvalue weighted by atomic mass is 10.1. The minimum atomic E-state index is -0.899. The number of methoxy groups -OCH3 is 3. The summed E-state index contributed by atoms with van der Waals surface area (Å²) < 4.78 is 19.1. The first-order valence-electron chi connectivity index (χ1n) is 7.08. The maximum absolute atomic E-state index is 11.8. The number of benzene rings is 1. The van der Waals surface area contributed by atoms with Crippen molar-refractivity contribution < 1.29 is 33.3 Å². The van der Waals surface area contributed by atoms with Crippen molar-refractivity contribution in [1.82, 2.24) is 0 Å². The molecule has 0 saturated carbocycles. The highest BCUT2D eigenvalue weighted by atomic mass is 35.5. The van der Waals surface area contributed by atoms with Crippen LogP contribution in [0.5, 0.6) is 5.75 Å². The Balaban J connectivity index is 3.26. The molecule has 9 heteroatoms. The zero-order valence-corrected chi connectivity index (χ0v) is 15.7. The van der Waals surface area contributed by atoms with E-state index in [0.29, 0.717) is 0 Å². The zero-order valence-electron chi connectivity index (χ0n) is 14.2. The van der Waals surface area contributed by atoms with Crippen molar-refractivity contribution in [2.75, 3.05) is 27.9 Å². The van der Waals surface area contributed by atoms with Crippen molar-refractivity contribution in [3.8, 4) is 5.75 Å². The van der Waals surface area contributed by atoms with Gasteiger partial charge in [-0.1, -0.05) is 23.2 Å². The predicted molar refractivity (Wildman–Crippen MR) is 95.1 cm³/mol. The lowest BCUT2D eigenvalue weighted by Gasteiger charge is -2.11. The summed E-state index contributed by atoms with van der Waals surface area (Å²) in [6, 6.07) is 2.87. The van der Waals surface area contributed by atoms with Crippen LogP contribution in [0, 0.1) is 0 Å². The lowest BCUT2D eigenvalue weighted by Crippen LogP contribution is -2.15. The molecular weight excluding hydrogens is 387 g/mol. The molecule has 1 aromatic rings. The van der Waals surface area contributed by atoms with E-state index in [2.05, 4.69) is 14.2 Å². The standard InChI is InChI=1S/C17H16Cl2O7/c1-23-14(20)5-4-6-26-15-10(7-11(18)9-13(15)19)8-12(16(21)24-2)17(22)25-3/h4-5,7-9H,6H2,1-3H3/b5-4+. The van der Waals surface area contributed by atoms with Gasteiger partial charge in [0.2, 0.25) is 0 Å². The van der Waals surface area contributed by atoms with E-state index in [1.807, 2.05) is 0 Å². The van der Waals surface area contributed by atoms with Crippen LogP contribution in [0.2, 0.25) is 10.0 Å². The molecule has 0 unspecified atom stereocenters. The first kappa shape index (κ1) is 21.5. The predicted octanol–water partition coefficient (Wildman–Crippen LogP) is 2.83. The number of ether oxygens (including phenoxy) is 4. The quantitative estimate of drug-likeness (QED) is 0.227. The maximum atomic E-state index is 11.8. The molecule has 0 fully saturated rings. The molecule has 0 bridgehead atoms. The molecule has 0 heterocycles. The molecule has 0 N–H and O–H groups in total. The summed E-state index contributed by atoms with van der Waals surface area (Å²) in [7, 11) is 3.49. The molecule has 0 aliphatic rings. The van der Waals surface area contributed by atoms with Crippen LogP contribution < -0.4 is 4.74 Å². The van der Waals surface area contributed by atoms with E-state index in [9.17, 15) is 14.4 Å². The molecule has 140 valence electrons. The Labute approximate surface area is 160 Å². The minimum absolute atomic E-state index is 0.0247. The average molecular weight is 403 g/mol. The second kappa shape index (κ2) is 10.5. The van der Waals surface area contributed by atoms with Crippen molar-refractivity contribution >= 4 is 47.2 Å². The van der Waals surface area contributed by atoms with Gasteiger partial charge in [-0.2, -0.15) is 0 Å². The molecule has 0 amide bonds. The normalized spacial score (nSPS) is 10.2. The largest absolute Gasteiger partial charge is 0.487 e. The van der Waals surface area contributed by atoms with Gasteiger partial charge in [0, 0.05) is 16.7 Å². The molecule has 0 saturated heterocycles.